The van der Waals surface area contributed by atoms with Crippen molar-refractivity contribution in [2.24, 2.45) is 5.92 Å². The summed E-state index contributed by atoms with van der Waals surface area (Å²) in [5.41, 5.74) is 8.12. The molecule has 0 radical (unpaired) electrons. The van der Waals surface area contributed by atoms with Crippen molar-refractivity contribution >= 4 is 11.8 Å². The number of H-pyrrole nitrogens is 2. The smallest absolute Gasteiger partial charge is 0.257 e. The van der Waals surface area contributed by atoms with E-state index in [2.05, 4.69) is 58.5 Å². The molecule has 9 nitrogen and oxygen atoms in total. The number of aromatic amines is 2. The van der Waals surface area contributed by atoms with Crippen LogP contribution in [0.25, 0.3) is 33.6 Å². The third-order valence-corrected chi connectivity index (χ3v) is 11.9. The number of fused-ring (bicyclic) bond motifs is 2. The van der Waals surface area contributed by atoms with Gasteiger partial charge in [0.2, 0.25) is 5.91 Å². The molecule has 9 rings (SSSR count). The Labute approximate surface area is 321 Å². The van der Waals surface area contributed by atoms with Gasteiger partial charge in [0.1, 0.15) is 11.6 Å². The van der Waals surface area contributed by atoms with Crippen molar-refractivity contribution in [2.75, 3.05) is 13.7 Å². The number of imidazole rings is 2. The van der Waals surface area contributed by atoms with Crippen LogP contribution in [0.2, 0.25) is 0 Å². The van der Waals surface area contributed by atoms with Gasteiger partial charge in [-0.25, -0.2) is 9.97 Å². The van der Waals surface area contributed by atoms with Crippen LogP contribution in [0.15, 0.2) is 122 Å². The molecule has 5 unspecified atom stereocenters. The first kappa shape index (κ1) is 34.9. The molecule has 6 aromatic rings. The van der Waals surface area contributed by atoms with E-state index in [-0.39, 0.29) is 29.9 Å². The molecule has 55 heavy (non-hydrogen) atoms. The topological polar surface area (TPSA) is 107 Å². The molecule has 2 saturated heterocycles. The largest absolute Gasteiger partial charge is 0.367 e. The third kappa shape index (κ3) is 6.89. The van der Waals surface area contributed by atoms with Crippen molar-refractivity contribution in [3.05, 3.63) is 144 Å². The van der Waals surface area contributed by atoms with Crippen LogP contribution >= 0.6 is 0 Å². The molecule has 2 amide bonds. The monoisotopic (exact) mass is 730 g/mol. The standard InChI is InChI=1S/C46H46N6O3/c1-55-43(35-12-6-3-7-13-35)46(54)52-37-24-23-36(27-37)42(52)45-48-29-39(50-45)34-21-17-32(18-22-34)31-15-19-33(20-16-31)38-28-47-44(49-38)40-14-8-9-25-51(40)41(53)26-30-10-4-2-5-11-30/h2-7,10-13,15-22,28-29,36-37,40,42-43H,8-9,14,23-27H2,1H3,(H,47,49)(H,48,50). The summed E-state index contributed by atoms with van der Waals surface area (Å²) in [4.78, 5) is 48.2. The number of ether oxygens (including phenoxy) is 1. The van der Waals surface area contributed by atoms with Crippen LogP contribution in [0.1, 0.15) is 79.5 Å². The van der Waals surface area contributed by atoms with Gasteiger partial charge in [0.05, 0.1) is 42.3 Å². The molecular formula is C46H46N6O3. The maximum Gasteiger partial charge on any atom is 0.257 e. The van der Waals surface area contributed by atoms with Crippen LogP contribution < -0.4 is 0 Å². The Morgan fingerprint density at radius 1 is 0.727 bits per heavy atom. The number of methoxy groups -OCH3 is 1. The average Bonchev–Trinajstić information content (AvgIpc) is 4.08. The SMILES string of the molecule is COC(C(=O)N1C2CCC(C2)C1c1ncc(-c2ccc(-c3ccc(-c4cnc(C5CCCCN5C(=O)Cc5ccccc5)[nH]4)cc3)cc2)[nH]1)c1ccccc1. The molecule has 0 spiro atoms. The van der Waals surface area contributed by atoms with Crippen molar-refractivity contribution in [2.45, 2.75) is 69.2 Å². The molecule has 1 saturated carbocycles. The van der Waals surface area contributed by atoms with Gasteiger partial charge >= 0.3 is 0 Å². The van der Waals surface area contributed by atoms with Gasteiger partial charge in [-0.3, -0.25) is 9.59 Å². The summed E-state index contributed by atoms with van der Waals surface area (Å²) in [5.74, 6) is 2.24. The lowest BCUT2D eigenvalue weighted by Crippen LogP contribution is -2.43. The second kappa shape index (κ2) is 15.1. The molecule has 5 atom stereocenters. The van der Waals surface area contributed by atoms with Gasteiger partial charge in [0.15, 0.2) is 6.10 Å². The zero-order chi connectivity index (χ0) is 37.3. The lowest BCUT2D eigenvalue weighted by atomic mass is 9.97. The normalized spacial score (nSPS) is 21.2. The minimum absolute atomic E-state index is 0.00840. The first-order chi connectivity index (χ1) is 27.0. The summed E-state index contributed by atoms with van der Waals surface area (Å²) in [7, 11) is 1.61. The minimum atomic E-state index is -0.633. The molecule has 3 fully saturated rings. The number of amides is 2. The van der Waals surface area contributed by atoms with Crippen LogP contribution in [-0.2, 0) is 20.7 Å². The number of hydrogen-bond acceptors (Lipinski definition) is 5. The predicted molar refractivity (Wildman–Crippen MR) is 212 cm³/mol. The van der Waals surface area contributed by atoms with Crippen molar-refractivity contribution < 1.29 is 14.3 Å². The number of carbonyl (C=O) groups is 2. The number of piperidine rings is 2. The quantitative estimate of drug-likeness (QED) is 0.147. The van der Waals surface area contributed by atoms with E-state index in [1.165, 1.54) is 0 Å². The van der Waals surface area contributed by atoms with Crippen molar-refractivity contribution in [3.8, 4) is 33.6 Å². The van der Waals surface area contributed by atoms with E-state index >= 15 is 0 Å². The molecule has 3 aliphatic rings. The molecule has 2 aromatic heterocycles. The first-order valence-corrected chi connectivity index (χ1v) is 19.6. The Morgan fingerprint density at radius 3 is 1.98 bits per heavy atom. The molecule has 4 aromatic carbocycles. The van der Waals surface area contributed by atoms with E-state index in [0.29, 0.717) is 12.3 Å². The highest BCUT2D eigenvalue weighted by Gasteiger charge is 2.51. The molecular weight excluding hydrogens is 685 g/mol. The summed E-state index contributed by atoms with van der Waals surface area (Å²) in [5, 5.41) is 0. The first-order valence-electron chi connectivity index (χ1n) is 19.6. The fourth-order valence-corrected chi connectivity index (χ4v) is 9.16. The third-order valence-electron chi connectivity index (χ3n) is 11.9. The lowest BCUT2D eigenvalue weighted by Gasteiger charge is -2.36. The van der Waals surface area contributed by atoms with Gasteiger partial charge in [0, 0.05) is 19.7 Å². The van der Waals surface area contributed by atoms with Gasteiger partial charge in [0.25, 0.3) is 5.91 Å². The molecule has 278 valence electrons. The van der Waals surface area contributed by atoms with E-state index in [9.17, 15) is 9.59 Å². The van der Waals surface area contributed by atoms with Gasteiger partial charge in [-0.15, -0.1) is 0 Å². The molecule has 4 heterocycles. The van der Waals surface area contributed by atoms with E-state index in [0.717, 1.165) is 101 Å². The predicted octanol–water partition coefficient (Wildman–Crippen LogP) is 8.87. The number of likely N-dealkylation sites (tertiary alicyclic amines) is 2. The van der Waals surface area contributed by atoms with Crippen molar-refractivity contribution in [3.63, 3.8) is 0 Å². The molecule has 2 N–H and O–H groups in total. The van der Waals surface area contributed by atoms with Crippen molar-refractivity contribution in [1.82, 2.24) is 29.7 Å². The highest BCUT2D eigenvalue weighted by atomic mass is 16.5. The summed E-state index contributed by atoms with van der Waals surface area (Å²) in [6, 6.07) is 36.8. The Balaban J connectivity index is 0.874. The van der Waals surface area contributed by atoms with Gasteiger partial charge in [-0.1, -0.05) is 109 Å². The summed E-state index contributed by atoms with van der Waals surface area (Å²) in [6.45, 7) is 0.757. The number of nitrogens with one attached hydrogen (secondary N) is 2. The fraction of sp³-hybridized carbons (Fsp3) is 0.304. The van der Waals surface area contributed by atoms with Gasteiger partial charge in [-0.2, -0.15) is 0 Å². The van der Waals surface area contributed by atoms with E-state index in [1.54, 1.807) is 7.11 Å². The number of benzene rings is 4. The maximum absolute atomic E-state index is 14.0. The Hall–Kier alpha value is -5.80. The Bertz CT molecular complexity index is 2250. The fourth-order valence-electron chi connectivity index (χ4n) is 9.16. The summed E-state index contributed by atoms with van der Waals surface area (Å²) < 4.78 is 5.77. The molecule has 2 aliphatic heterocycles. The highest BCUT2D eigenvalue weighted by molar-refractivity contribution is 5.84. The average molecular weight is 731 g/mol. The maximum atomic E-state index is 14.0. The zero-order valence-corrected chi connectivity index (χ0v) is 31.1. The van der Waals surface area contributed by atoms with Gasteiger partial charge in [-0.05, 0) is 77.8 Å². The van der Waals surface area contributed by atoms with E-state index in [1.807, 2.05) is 82.9 Å². The zero-order valence-electron chi connectivity index (χ0n) is 31.1. The van der Waals surface area contributed by atoms with E-state index in [4.69, 9.17) is 14.7 Å². The Morgan fingerprint density at radius 2 is 1.33 bits per heavy atom. The minimum Gasteiger partial charge on any atom is -0.367 e. The van der Waals surface area contributed by atoms with Crippen LogP contribution in [0, 0.1) is 5.92 Å². The highest BCUT2D eigenvalue weighted by Crippen LogP contribution is 2.51. The van der Waals surface area contributed by atoms with Crippen LogP contribution in [0.5, 0.6) is 0 Å². The van der Waals surface area contributed by atoms with E-state index < -0.39 is 6.10 Å². The lowest BCUT2D eigenvalue weighted by molar-refractivity contribution is -0.147. The number of hydrogen-bond donors (Lipinski definition) is 2. The summed E-state index contributed by atoms with van der Waals surface area (Å²) in [6.07, 6.45) is 9.68. The number of carbonyl (C=O) groups excluding carboxylic acids is 2. The Kier molecular flexibility index (Phi) is 9.62. The van der Waals surface area contributed by atoms with Crippen LogP contribution in [0.4, 0.5) is 0 Å². The van der Waals surface area contributed by atoms with Gasteiger partial charge < -0.3 is 24.5 Å². The second-order valence-corrected chi connectivity index (χ2v) is 15.2. The summed E-state index contributed by atoms with van der Waals surface area (Å²) >= 11 is 0. The number of nitrogens with zero attached hydrogens (tertiary/aromatic N) is 4. The second-order valence-electron chi connectivity index (χ2n) is 15.2. The van der Waals surface area contributed by atoms with Crippen LogP contribution in [0.3, 0.4) is 0 Å². The molecule has 1 aliphatic carbocycles. The number of aromatic nitrogens is 4. The van der Waals surface area contributed by atoms with Crippen LogP contribution in [-0.4, -0.2) is 61.2 Å². The van der Waals surface area contributed by atoms with Crippen molar-refractivity contribution in [1.29, 1.82) is 0 Å². The number of rotatable bonds is 10. The molecule has 2 bridgehead atoms. The molecule has 9 heteroatoms.